The first-order chi connectivity index (χ1) is 13.3. The highest BCUT2D eigenvalue weighted by Crippen LogP contribution is 2.35. The molecule has 0 unspecified atom stereocenters. The molecular weight excluding hydrogens is 417 g/mol. The number of aromatic nitrogens is 4. The van der Waals surface area contributed by atoms with Crippen molar-refractivity contribution < 1.29 is 4.79 Å². The summed E-state index contributed by atoms with van der Waals surface area (Å²) in [6, 6.07) is 12.7. The second-order valence-corrected chi connectivity index (χ2v) is 8.85. The van der Waals surface area contributed by atoms with Gasteiger partial charge in [-0.1, -0.05) is 53.2 Å². The molecule has 2 aromatic heterocycles. The first kappa shape index (κ1) is 20.6. The second kappa shape index (κ2) is 8.51. The summed E-state index contributed by atoms with van der Waals surface area (Å²) >= 11 is 13.4. The lowest BCUT2D eigenvalue weighted by molar-refractivity contribution is -0.117. The van der Waals surface area contributed by atoms with Gasteiger partial charge in [0.25, 0.3) is 0 Å². The molecular formula is C19H19Cl2N5OS. The number of hydrogen-bond donors (Lipinski definition) is 1. The van der Waals surface area contributed by atoms with Crippen LogP contribution in [0.5, 0.6) is 0 Å². The Morgan fingerprint density at radius 1 is 1.14 bits per heavy atom. The topological polar surface area (TPSA) is 72.7 Å². The Morgan fingerprint density at radius 2 is 1.79 bits per heavy atom. The van der Waals surface area contributed by atoms with Crippen molar-refractivity contribution in [3.05, 3.63) is 52.8 Å². The molecule has 0 aliphatic rings. The third-order valence-corrected chi connectivity index (χ3v) is 5.55. The molecule has 0 aliphatic heterocycles. The number of nitrogens with one attached hydrogen (secondary N) is 1. The van der Waals surface area contributed by atoms with Crippen molar-refractivity contribution >= 4 is 46.6 Å². The first-order valence-electron chi connectivity index (χ1n) is 8.62. The molecule has 0 fully saturated rings. The molecule has 146 valence electrons. The van der Waals surface area contributed by atoms with Gasteiger partial charge in [-0.15, -0.1) is 10.2 Å². The SMILES string of the molecule is CCn1c(SC(C)(C)C(=O)Nc2ccccc2)nnc1-c1cc(Cl)nc(Cl)c1. The van der Waals surface area contributed by atoms with Gasteiger partial charge in [0, 0.05) is 17.8 Å². The minimum absolute atomic E-state index is 0.120. The van der Waals surface area contributed by atoms with Gasteiger partial charge in [-0.05, 0) is 45.0 Å². The van der Waals surface area contributed by atoms with E-state index in [0.29, 0.717) is 17.5 Å². The van der Waals surface area contributed by atoms with Gasteiger partial charge in [0.05, 0.1) is 4.75 Å². The molecule has 1 N–H and O–H groups in total. The molecule has 28 heavy (non-hydrogen) atoms. The van der Waals surface area contributed by atoms with Gasteiger partial charge >= 0.3 is 0 Å². The molecule has 0 atom stereocenters. The summed E-state index contributed by atoms with van der Waals surface area (Å²) in [6.45, 7) is 6.31. The van der Waals surface area contributed by atoms with Crippen LogP contribution in [0.15, 0.2) is 47.6 Å². The van der Waals surface area contributed by atoms with Crippen molar-refractivity contribution in [2.75, 3.05) is 5.32 Å². The van der Waals surface area contributed by atoms with Crippen LogP contribution in [0.2, 0.25) is 10.3 Å². The van der Waals surface area contributed by atoms with Crippen LogP contribution >= 0.6 is 35.0 Å². The molecule has 9 heteroatoms. The largest absolute Gasteiger partial charge is 0.325 e. The zero-order valence-corrected chi connectivity index (χ0v) is 17.9. The minimum Gasteiger partial charge on any atom is -0.325 e. The summed E-state index contributed by atoms with van der Waals surface area (Å²) in [5.74, 6) is 0.501. The number of benzene rings is 1. The molecule has 1 amide bonds. The van der Waals surface area contributed by atoms with Gasteiger partial charge in [-0.25, -0.2) is 4.98 Å². The quantitative estimate of drug-likeness (QED) is 0.426. The fourth-order valence-corrected chi connectivity index (χ4v) is 4.00. The highest BCUT2D eigenvalue weighted by atomic mass is 35.5. The van der Waals surface area contributed by atoms with Crippen molar-refractivity contribution in [3.8, 4) is 11.4 Å². The van der Waals surface area contributed by atoms with Gasteiger partial charge in [-0.3, -0.25) is 4.79 Å². The number of anilines is 1. The molecule has 0 aliphatic carbocycles. The van der Waals surface area contributed by atoms with Gasteiger partial charge in [0.15, 0.2) is 11.0 Å². The Bertz CT molecular complexity index is 971. The number of carbonyl (C=O) groups excluding carboxylic acids is 1. The molecule has 3 aromatic rings. The van der Waals surface area contributed by atoms with Crippen LogP contribution in [0.4, 0.5) is 5.69 Å². The fraction of sp³-hybridized carbons (Fsp3) is 0.263. The van der Waals surface area contributed by atoms with Gasteiger partial charge in [0.2, 0.25) is 5.91 Å². The van der Waals surface area contributed by atoms with Crippen molar-refractivity contribution in [3.63, 3.8) is 0 Å². The van der Waals surface area contributed by atoms with Crippen LogP contribution < -0.4 is 5.32 Å². The first-order valence-corrected chi connectivity index (χ1v) is 10.2. The number of thioether (sulfide) groups is 1. The number of pyridine rings is 1. The summed E-state index contributed by atoms with van der Waals surface area (Å²) in [5.41, 5.74) is 1.47. The predicted octanol–water partition coefficient (Wildman–Crippen LogP) is 5.18. The lowest BCUT2D eigenvalue weighted by Crippen LogP contribution is -2.34. The summed E-state index contributed by atoms with van der Waals surface area (Å²) in [6.07, 6.45) is 0. The average Bonchev–Trinajstić information content (AvgIpc) is 3.03. The summed E-state index contributed by atoms with van der Waals surface area (Å²) in [7, 11) is 0. The van der Waals surface area contributed by atoms with E-state index in [4.69, 9.17) is 23.2 Å². The van der Waals surface area contributed by atoms with Gasteiger partial charge in [-0.2, -0.15) is 0 Å². The number of carbonyl (C=O) groups is 1. The predicted molar refractivity (Wildman–Crippen MR) is 114 cm³/mol. The average molecular weight is 436 g/mol. The van der Waals surface area contributed by atoms with E-state index in [-0.39, 0.29) is 16.2 Å². The third kappa shape index (κ3) is 4.66. The second-order valence-electron chi connectivity index (χ2n) is 6.48. The van der Waals surface area contributed by atoms with Gasteiger partial charge in [0.1, 0.15) is 10.3 Å². The highest BCUT2D eigenvalue weighted by Gasteiger charge is 2.32. The van der Waals surface area contributed by atoms with E-state index < -0.39 is 4.75 Å². The molecule has 3 rings (SSSR count). The van der Waals surface area contributed by atoms with Crippen molar-refractivity contribution in [2.24, 2.45) is 0 Å². The zero-order chi connectivity index (χ0) is 20.3. The Kier molecular flexibility index (Phi) is 6.27. The van der Waals surface area contributed by atoms with Crippen LogP contribution in [0, 0.1) is 0 Å². The number of amides is 1. The molecule has 0 saturated heterocycles. The van der Waals surface area contributed by atoms with Crippen LogP contribution in [0.1, 0.15) is 20.8 Å². The summed E-state index contributed by atoms with van der Waals surface area (Å²) in [4.78, 5) is 16.7. The van der Waals surface area contributed by atoms with E-state index in [9.17, 15) is 4.79 Å². The third-order valence-electron chi connectivity index (χ3n) is 3.98. The molecule has 2 heterocycles. The number of rotatable bonds is 6. The molecule has 0 bridgehead atoms. The maximum atomic E-state index is 12.8. The Labute approximate surface area is 177 Å². The molecule has 1 aromatic carbocycles. The van der Waals surface area contributed by atoms with Gasteiger partial charge < -0.3 is 9.88 Å². The van der Waals surface area contributed by atoms with E-state index in [1.165, 1.54) is 11.8 Å². The van der Waals surface area contributed by atoms with E-state index >= 15 is 0 Å². The number of hydrogen-bond acceptors (Lipinski definition) is 5. The Morgan fingerprint density at radius 3 is 2.39 bits per heavy atom. The smallest absolute Gasteiger partial charge is 0.240 e. The number of halogens is 2. The molecule has 0 saturated carbocycles. The maximum absolute atomic E-state index is 12.8. The van der Waals surface area contributed by atoms with Crippen LogP contribution in [0.25, 0.3) is 11.4 Å². The minimum atomic E-state index is -0.763. The van der Waals surface area contributed by atoms with E-state index in [1.54, 1.807) is 12.1 Å². The molecule has 0 radical (unpaired) electrons. The van der Waals surface area contributed by atoms with Crippen molar-refractivity contribution in [1.29, 1.82) is 0 Å². The fourth-order valence-electron chi connectivity index (χ4n) is 2.53. The number of nitrogens with zero attached hydrogens (tertiary/aromatic N) is 4. The van der Waals surface area contributed by atoms with E-state index in [1.807, 2.05) is 55.7 Å². The van der Waals surface area contributed by atoms with Crippen LogP contribution in [-0.4, -0.2) is 30.4 Å². The van der Waals surface area contributed by atoms with Crippen molar-refractivity contribution in [1.82, 2.24) is 19.7 Å². The lowest BCUT2D eigenvalue weighted by atomic mass is 10.2. The Balaban J connectivity index is 1.85. The maximum Gasteiger partial charge on any atom is 0.240 e. The highest BCUT2D eigenvalue weighted by molar-refractivity contribution is 8.01. The van der Waals surface area contributed by atoms with Crippen molar-refractivity contribution in [2.45, 2.75) is 37.2 Å². The monoisotopic (exact) mass is 435 g/mol. The van der Waals surface area contributed by atoms with E-state index in [2.05, 4.69) is 20.5 Å². The Hall–Kier alpha value is -2.09. The zero-order valence-electron chi connectivity index (χ0n) is 15.6. The lowest BCUT2D eigenvalue weighted by Gasteiger charge is -2.22. The standard InChI is InChI=1S/C19H19Cl2N5OS/c1-4-26-16(12-10-14(20)23-15(21)11-12)24-25-18(26)28-19(2,3)17(27)22-13-8-6-5-7-9-13/h5-11H,4H2,1-3H3,(H,22,27). The summed E-state index contributed by atoms with van der Waals surface area (Å²) < 4.78 is 1.16. The molecule has 6 nitrogen and oxygen atoms in total. The number of para-hydroxylation sites is 1. The normalized spacial score (nSPS) is 11.5. The summed E-state index contributed by atoms with van der Waals surface area (Å²) in [5, 5.41) is 12.7. The molecule has 0 spiro atoms. The van der Waals surface area contributed by atoms with E-state index in [0.717, 1.165) is 11.3 Å². The van der Waals surface area contributed by atoms with Crippen LogP contribution in [0.3, 0.4) is 0 Å². The van der Waals surface area contributed by atoms with Crippen LogP contribution in [-0.2, 0) is 11.3 Å².